The van der Waals surface area contributed by atoms with Gasteiger partial charge < -0.3 is 0 Å². The summed E-state index contributed by atoms with van der Waals surface area (Å²) < 4.78 is 28.5. The van der Waals surface area contributed by atoms with E-state index in [0.717, 1.165) is 21.9 Å². The number of benzene rings is 3. The van der Waals surface area contributed by atoms with Crippen LogP contribution in [0.3, 0.4) is 0 Å². The summed E-state index contributed by atoms with van der Waals surface area (Å²) in [6, 6.07) is 18.9. The fraction of sp³-hybridized carbons (Fsp3) is 0.167. The molecule has 0 aromatic heterocycles. The van der Waals surface area contributed by atoms with E-state index in [-0.39, 0.29) is 0 Å². The van der Waals surface area contributed by atoms with Crippen molar-refractivity contribution in [2.45, 2.75) is 24.7 Å². The van der Waals surface area contributed by atoms with Crippen LogP contribution >= 0.6 is 0 Å². The first-order valence-electron chi connectivity index (χ1n) is 9.31. The van der Waals surface area contributed by atoms with Crippen molar-refractivity contribution in [3.63, 3.8) is 0 Å². The molecule has 0 fully saturated rings. The van der Waals surface area contributed by atoms with Gasteiger partial charge in [-0.2, -0.15) is 0 Å². The van der Waals surface area contributed by atoms with Gasteiger partial charge in [0.25, 0.3) is 10.0 Å². The molecule has 0 heterocycles. The zero-order chi connectivity index (χ0) is 20.1. The Balaban J connectivity index is 2.22. The molecule has 0 bridgehead atoms. The zero-order valence-corrected chi connectivity index (χ0v) is 17.0. The summed E-state index contributed by atoms with van der Waals surface area (Å²) in [5.41, 5.74) is 2.68. The van der Waals surface area contributed by atoms with E-state index in [2.05, 4.69) is 13.2 Å². The van der Waals surface area contributed by atoms with Gasteiger partial charge >= 0.3 is 0 Å². The van der Waals surface area contributed by atoms with Gasteiger partial charge in [-0.15, -0.1) is 13.2 Å². The average Bonchev–Trinajstić information content (AvgIpc) is 2.70. The Bertz CT molecular complexity index is 1100. The first kappa shape index (κ1) is 19.9. The van der Waals surface area contributed by atoms with Gasteiger partial charge in [-0.3, -0.25) is 4.31 Å². The van der Waals surface area contributed by atoms with Crippen LogP contribution in [0, 0.1) is 6.92 Å². The first-order valence-corrected chi connectivity index (χ1v) is 10.7. The lowest BCUT2D eigenvalue weighted by Gasteiger charge is -2.27. The number of hydrogen-bond donors (Lipinski definition) is 0. The minimum Gasteiger partial charge on any atom is -0.266 e. The molecule has 0 aliphatic heterocycles. The second-order valence-corrected chi connectivity index (χ2v) is 8.61. The van der Waals surface area contributed by atoms with E-state index >= 15 is 0 Å². The number of aryl methyl sites for hydroxylation is 1. The summed E-state index contributed by atoms with van der Waals surface area (Å²) in [6.07, 6.45) is 4.71. The Morgan fingerprint density at radius 3 is 2.32 bits per heavy atom. The van der Waals surface area contributed by atoms with E-state index in [1.165, 1.54) is 4.31 Å². The normalized spacial score (nSPS) is 11.3. The van der Waals surface area contributed by atoms with E-state index in [4.69, 9.17) is 0 Å². The maximum atomic E-state index is 13.5. The van der Waals surface area contributed by atoms with Crippen LogP contribution in [0.15, 0.2) is 90.9 Å². The molecule has 28 heavy (non-hydrogen) atoms. The summed E-state index contributed by atoms with van der Waals surface area (Å²) in [7, 11) is -3.70. The molecule has 0 aliphatic carbocycles. The molecule has 4 heteroatoms. The molecule has 144 valence electrons. The third kappa shape index (κ3) is 3.87. The molecule has 3 rings (SSSR count). The Kier molecular flexibility index (Phi) is 6.00. The van der Waals surface area contributed by atoms with Crippen molar-refractivity contribution in [3.8, 4) is 0 Å². The van der Waals surface area contributed by atoms with Gasteiger partial charge in [-0.25, -0.2) is 8.42 Å². The lowest BCUT2D eigenvalue weighted by Crippen LogP contribution is -2.32. The smallest absolute Gasteiger partial charge is 0.264 e. The maximum absolute atomic E-state index is 13.5. The first-order chi connectivity index (χ1) is 13.5. The van der Waals surface area contributed by atoms with Crippen LogP contribution < -0.4 is 4.31 Å². The third-order valence-corrected chi connectivity index (χ3v) is 6.61. The highest BCUT2D eigenvalue weighted by Crippen LogP contribution is 2.33. The number of anilines is 1. The van der Waals surface area contributed by atoms with Gasteiger partial charge in [0.15, 0.2) is 0 Å². The molecule has 0 amide bonds. The monoisotopic (exact) mass is 391 g/mol. The molecule has 0 radical (unpaired) electrons. The minimum absolute atomic E-state index is 0.292. The quantitative estimate of drug-likeness (QED) is 0.465. The fourth-order valence-corrected chi connectivity index (χ4v) is 4.84. The Hall–Kier alpha value is -2.85. The Labute approximate surface area is 167 Å². The van der Waals surface area contributed by atoms with Crippen LogP contribution in [0.1, 0.15) is 17.5 Å². The van der Waals surface area contributed by atoms with Crippen molar-refractivity contribution in [1.29, 1.82) is 0 Å². The Morgan fingerprint density at radius 2 is 1.64 bits per heavy atom. The predicted molar refractivity (Wildman–Crippen MR) is 118 cm³/mol. The SMILES string of the molecule is C=CCCN(c1ccc2ccccc2c1CC=C)S(=O)(=O)c1ccc(C)cc1. The van der Waals surface area contributed by atoms with Gasteiger partial charge in [0.2, 0.25) is 0 Å². The predicted octanol–water partition coefficient (Wildman–Crippen LogP) is 5.65. The second kappa shape index (κ2) is 8.44. The molecule has 0 unspecified atom stereocenters. The summed E-state index contributed by atoms with van der Waals surface area (Å²) in [4.78, 5) is 0.292. The van der Waals surface area contributed by atoms with Crippen LogP contribution in [-0.2, 0) is 16.4 Å². The number of nitrogens with zero attached hydrogens (tertiary/aromatic N) is 1. The molecule has 0 saturated heterocycles. The Morgan fingerprint density at radius 1 is 0.929 bits per heavy atom. The number of allylic oxidation sites excluding steroid dienone is 1. The average molecular weight is 392 g/mol. The van der Waals surface area contributed by atoms with Crippen molar-refractivity contribution in [1.82, 2.24) is 0 Å². The van der Waals surface area contributed by atoms with Gasteiger partial charge in [0.1, 0.15) is 0 Å². The molecule has 3 aromatic carbocycles. The van der Waals surface area contributed by atoms with E-state index in [1.54, 1.807) is 18.2 Å². The summed E-state index contributed by atoms with van der Waals surface area (Å²) in [5, 5.41) is 2.13. The third-order valence-electron chi connectivity index (χ3n) is 4.78. The van der Waals surface area contributed by atoms with Crippen LogP contribution in [0.4, 0.5) is 5.69 Å². The van der Waals surface area contributed by atoms with Gasteiger partial charge in [0.05, 0.1) is 10.6 Å². The van der Waals surface area contributed by atoms with Crippen molar-refractivity contribution in [3.05, 3.63) is 97.1 Å². The highest BCUT2D eigenvalue weighted by atomic mass is 32.2. The number of sulfonamides is 1. The number of rotatable bonds is 8. The highest BCUT2D eigenvalue weighted by molar-refractivity contribution is 7.92. The molecule has 0 N–H and O–H groups in total. The van der Waals surface area contributed by atoms with Crippen LogP contribution in [-0.4, -0.2) is 15.0 Å². The highest BCUT2D eigenvalue weighted by Gasteiger charge is 2.26. The van der Waals surface area contributed by atoms with Gasteiger partial charge in [-0.05, 0) is 54.3 Å². The van der Waals surface area contributed by atoms with Crippen molar-refractivity contribution < 1.29 is 8.42 Å². The van der Waals surface area contributed by atoms with Crippen molar-refractivity contribution >= 4 is 26.5 Å². The lowest BCUT2D eigenvalue weighted by molar-refractivity contribution is 0.590. The van der Waals surface area contributed by atoms with E-state index in [9.17, 15) is 8.42 Å². The lowest BCUT2D eigenvalue weighted by atomic mass is 10.00. The topological polar surface area (TPSA) is 37.4 Å². The molecular formula is C24H25NO2S. The zero-order valence-electron chi connectivity index (χ0n) is 16.1. The summed E-state index contributed by atoms with van der Waals surface area (Å²) in [5.74, 6) is 0. The standard InChI is InChI=1S/C24H25NO2S/c1-4-6-18-25(28(26,27)21-15-12-19(3)13-16-21)24-17-14-20-10-7-8-11-22(20)23(24)9-5-2/h4-5,7-8,10-17H,1-2,6,9,18H2,3H3. The summed E-state index contributed by atoms with van der Waals surface area (Å²) >= 11 is 0. The van der Waals surface area contributed by atoms with Crippen molar-refractivity contribution in [2.75, 3.05) is 10.8 Å². The molecule has 0 aliphatic rings. The number of hydrogen-bond acceptors (Lipinski definition) is 2. The van der Waals surface area contributed by atoms with Crippen LogP contribution in [0.25, 0.3) is 10.8 Å². The molecule has 3 nitrogen and oxygen atoms in total. The van der Waals surface area contributed by atoms with Gasteiger partial charge in [-0.1, -0.05) is 60.2 Å². The minimum atomic E-state index is -3.70. The number of fused-ring (bicyclic) bond motifs is 1. The van der Waals surface area contributed by atoms with Crippen molar-refractivity contribution in [2.24, 2.45) is 0 Å². The maximum Gasteiger partial charge on any atom is 0.264 e. The van der Waals surface area contributed by atoms with E-state index in [0.29, 0.717) is 30.0 Å². The fourth-order valence-electron chi connectivity index (χ4n) is 3.33. The molecule has 0 atom stereocenters. The van der Waals surface area contributed by atoms with Gasteiger partial charge in [0, 0.05) is 6.54 Å². The van der Waals surface area contributed by atoms with Crippen LogP contribution in [0.2, 0.25) is 0 Å². The second-order valence-electron chi connectivity index (χ2n) is 6.74. The van der Waals surface area contributed by atoms with Crippen LogP contribution in [0.5, 0.6) is 0 Å². The van der Waals surface area contributed by atoms with E-state index in [1.807, 2.05) is 61.5 Å². The molecule has 0 saturated carbocycles. The largest absolute Gasteiger partial charge is 0.266 e. The molecule has 0 spiro atoms. The molecule has 3 aromatic rings. The van der Waals surface area contributed by atoms with E-state index < -0.39 is 10.0 Å². The molecular weight excluding hydrogens is 366 g/mol. The summed E-state index contributed by atoms with van der Waals surface area (Å²) in [6.45, 7) is 9.91.